The van der Waals surface area contributed by atoms with Crippen molar-refractivity contribution < 1.29 is 5.11 Å². The van der Waals surface area contributed by atoms with Crippen molar-refractivity contribution in [3.63, 3.8) is 0 Å². The van der Waals surface area contributed by atoms with Gasteiger partial charge in [-0.05, 0) is 21.5 Å². The maximum atomic E-state index is 10.1. The first-order valence-corrected chi connectivity index (χ1v) is 7.00. The predicted molar refractivity (Wildman–Crippen MR) is 80.6 cm³/mol. The van der Waals surface area contributed by atoms with E-state index in [0.717, 1.165) is 15.6 Å². The van der Waals surface area contributed by atoms with Crippen LogP contribution in [-0.4, -0.2) is 26.2 Å². The van der Waals surface area contributed by atoms with Crippen LogP contribution in [0.5, 0.6) is 0 Å². The molecule has 6 heteroatoms. The third-order valence-corrected chi connectivity index (χ3v) is 3.61. The molecule has 3 rings (SSSR count). The molecule has 1 aromatic carbocycles. The molecule has 2 aromatic heterocycles. The molecule has 5 nitrogen and oxygen atoms in total. The van der Waals surface area contributed by atoms with Crippen LogP contribution in [0.2, 0.25) is 0 Å². The van der Waals surface area contributed by atoms with Crippen molar-refractivity contribution in [2.24, 2.45) is 0 Å². The molecule has 3 aromatic rings. The Morgan fingerprint density at radius 1 is 1.30 bits per heavy atom. The Balaban J connectivity index is 1.79. The number of aromatic nitrogens is 3. The molecule has 0 saturated carbocycles. The molecular formula is C14H13BrN4O. The number of anilines is 1. The Kier molecular flexibility index (Phi) is 3.66. The van der Waals surface area contributed by atoms with Gasteiger partial charge in [0.15, 0.2) is 5.82 Å². The number of hydrogen-bond acceptors (Lipinski definition) is 4. The monoisotopic (exact) mass is 332 g/mol. The zero-order chi connectivity index (χ0) is 13.9. The fraction of sp³-hybridized carbons (Fsp3) is 0.143. The van der Waals surface area contributed by atoms with Crippen LogP contribution in [0.15, 0.2) is 53.4 Å². The highest BCUT2D eigenvalue weighted by Crippen LogP contribution is 2.23. The zero-order valence-electron chi connectivity index (χ0n) is 10.6. The van der Waals surface area contributed by atoms with Crippen LogP contribution in [0.25, 0.3) is 5.52 Å². The van der Waals surface area contributed by atoms with E-state index in [1.807, 2.05) is 30.3 Å². The SMILES string of the molecule is OC(CNc1nccn2ncc(Br)c12)c1ccccc1. The number of nitrogens with one attached hydrogen (secondary N) is 1. The van der Waals surface area contributed by atoms with Crippen LogP contribution in [0.3, 0.4) is 0 Å². The molecule has 1 unspecified atom stereocenters. The fourth-order valence-electron chi connectivity index (χ4n) is 2.02. The number of rotatable bonds is 4. The largest absolute Gasteiger partial charge is 0.387 e. The van der Waals surface area contributed by atoms with Gasteiger partial charge in [0, 0.05) is 18.9 Å². The van der Waals surface area contributed by atoms with E-state index in [0.29, 0.717) is 12.4 Å². The number of aliphatic hydroxyl groups is 1. The van der Waals surface area contributed by atoms with Gasteiger partial charge in [-0.2, -0.15) is 5.10 Å². The topological polar surface area (TPSA) is 62.5 Å². The van der Waals surface area contributed by atoms with Crippen molar-refractivity contribution in [2.45, 2.75) is 6.10 Å². The van der Waals surface area contributed by atoms with Crippen molar-refractivity contribution in [1.82, 2.24) is 14.6 Å². The van der Waals surface area contributed by atoms with Gasteiger partial charge in [0.2, 0.25) is 0 Å². The summed E-state index contributed by atoms with van der Waals surface area (Å²) in [6.07, 6.45) is 4.58. The Morgan fingerprint density at radius 2 is 2.10 bits per heavy atom. The average molecular weight is 333 g/mol. The molecule has 0 aliphatic heterocycles. The van der Waals surface area contributed by atoms with E-state index in [1.165, 1.54) is 0 Å². The van der Waals surface area contributed by atoms with Gasteiger partial charge in [0.25, 0.3) is 0 Å². The molecule has 0 fully saturated rings. The second-order valence-electron chi connectivity index (χ2n) is 4.37. The molecule has 2 N–H and O–H groups in total. The molecule has 20 heavy (non-hydrogen) atoms. The van der Waals surface area contributed by atoms with E-state index in [9.17, 15) is 5.11 Å². The van der Waals surface area contributed by atoms with Gasteiger partial charge < -0.3 is 10.4 Å². The lowest BCUT2D eigenvalue weighted by Gasteiger charge is -2.13. The number of hydrogen-bond donors (Lipinski definition) is 2. The lowest BCUT2D eigenvalue weighted by atomic mass is 10.1. The Morgan fingerprint density at radius 3 is 2.90 bits per heavy atom. The highest BCUT2D eigenvalue weighted by molar-refractivity contribution is 9.10. The predicted octanol–water partition coefficient (Wildman–Crippen LogP) is 2.64. The van der Waals surface area contributed by atoms with Crippen molar-refractivity contribution in [3.8, 4) is 0 Å². The second-order valence-corrected chi connectivity index (χ2v) is 5.22. The highest BCUT2D eigenvalue weighted by atomic mass is 79.9. The van der Waals surface area contributed by atoms with Gasteiger partial charge in [-0.1, -0.05) is 30.3 Å². The maximum Gasteiger partial charge on any atom is 0.153 e. The molecule has 0 radical (unpaired) electrons. The summed E-state index contributed by atoms with van der Waals surface area (Å²) in [7, 11) is 0. The molecule has 0 aliphatic carbocycles. The first-order valence-electron chi connectivity index (χ1n) is 6.20. The van der Waals surface area contributed by atoms with Crippen LogP contribution in [0, 0.1) is 0 Å². The van der Waals surface area contributed by atoms with Crippen LogP contribution < -0.4 is 5.32 Å². The quantitative estimate of drug-likeness (QED) is 0.771. The Labute approximate surface area is 124 Å². The van der Waals surface area contributed by atoms with Crippen molar-refractivity contribution in [1.29, 1.82) is 0 Å². The summed E-state index contributed by atoms with van der Waals surface area (Å²) in [5.41, 5.74) is 1.73. The molecule has 0 aliphatic rings. The lowest BCUT2D eigenvalue weighted by Crippen LogP contribution is -2.13. The molecular weight excluding hydrogens is 320 g/mol. The van der Waals surface area contributed by atoms with E-state index in [-0.39, 0.29) is 0 Å². The van der Waals surface area contributed by atoms with Gasteiger partial charge in [-0.3, -0.25) is 0 Å². The Hall–Kier alpha value is -1.92. The van der Waals surface area contributed by atoms with E-state index >= 15 is 0 Å². The van der Waals surface area contributed by atoms with Crippen LogP contribution in [0.4, 0.5) is 5.82 Å². The summed E-state index contributed by atoms with van der Waals surface area (Å²) in [5.74, 6) is 0.687. The third kappa shape index (κ3) is 2.52. The highest BCUT2D eigenvalue weighted by Gasteiger charge is 2.11. The number of fused-ring (bicyclic) bond motifs is 1. The van der Waals surface area contributed by atoms with Gasteiger partial charge in [-0.25, -0.2) is 9.50 Å². The van der Waals surface area contributed by atoms with E-state index < -0.39 is 6.10 Å². The van der Waals surface area contributed by atoms with Gasteiger partial charge in [0.1, 0.15) is 5.52 Å². The molecule has 0 saturated heterocycles. The first-order chi connectivity index (χ1) is 9.75. The summed E-state index contributed by atoms with van der Waals surface area (Å²) in [4.78, 5) is 4.29. The van der Waals surface area contributed by atoms with E-state index in [2.05, 4.69) is 31.3 Å². The minimum atomic E-state index is -0.583. The zero-order valence-corrected chi connectivity index (χ0v) is 12.2. The van der Waals surface area contributed by atoms with E-state index in [4.69, 9.17) is 0 Å². The van der Waals surface area contributed by atoms with Gasteiger partial charge in [0.05, 0.1) is 16.8 Å². The number of benzene rings is 1. The standard InChI is InChI=1S/C14H13BrN4O/c15-11-8-18-19-7-6-16-14(13(11)19)17-9-12(20)10-4-2-1-3-5-10/h1-8,12,20H,9H2,(H,16,17). The van der Waals surface area contributed by atoms with Crippen LogP contribution in [0.1, 0.15) is 11.7 Å². The molecule has 0 bridgehead atoms. The lowest BCUT2D eigenvalue weighted by molar-refractivity contribution is 0.191. The average Bonchev–Trinajstić information content (AvgIpc) is 2.88. The maximum absolute atomic E-state index is 10.1. The van der Waals surface area contributed by atoms with Crippen molar-refractivity contribution in [3.05, 3.63) is 59.0 Å². The normalized spacial score (nSPS) is 12.5. The minimum Gasteiger partial charge on any atom is -0.387 e. The molecule has 2 heterocycles. The van der Waals surface area contributed by atoms with Crippen LogP contribution in [-0.2, 0) is 0 Å². The fourth-order valence-corrected chi connectivity index (χ4v) is 2.48. The first kappa shape index (κ1) is 13.1. The molecule has 0 amide bonds. The molecule has 1 atom stereocenters. The van der Waals surface area contributed by atoms with Crippen molar-refractivity contribution >= 4 is 27.3 Å². The number of aliphatic hydroxyl groups excluding tert-OH is 1. The smallest absolute Gasteiger partial charge is 0.153 e. The number of halogens is 1. The number of nitrogens with zero attached hydrogens (tertiary/aromatic N) is 3. The van der Waals surface area contributed by atoms with E-state index in [1.54, 1.807) is 23.1 Å². The van der Waals surface area contributed by atoms with Gasteiger partial charge >= 0.3 is 0 Å². The Bertz CT molecular complexity index is 714. The summed E-state index contributed by atoms with van der Waals surface area (Å²) in [6.45, 7) is 0.383. The van der Waals surface area contributed by atoms with Crippen LogP contribution >= 0.6 is 15.9 Å². The summed E-state index contributed by atoms with van der Waals surface area (Å²) >= 11 is 3.44. The summed E-state index contributed by atoms with van der Waals surface area (Å²) in [5, 5.41) is 17.5. The second kappa shape index (κ2) is 5.60. The van der Waals surface area contributed by atoms with Gasteiger partial charge in [-0.15, -0.1) is 0 Å². The summed E-state index contributed by atoms with van der Waals surface area (Å²) in [6, 6.07) is 9.54. The van der Waals surface area contributed by atoms with Crippen molar-refractivity contribution in [2.75, 3.05) is 11.9 Å². The summed E-state index contributed by atoms with van der Waals surface area (Å²) < 4.78 is 2.59. The molecule has 0 spiro atoms. The minimum absolute atomic E-state index is 0.383. The molecule has 102 valence electrons. The third-order valence-electron chi connectivity index (χ3n) is 3.03.